The summed E-state index contributed by atoms with van der Waals surface area (Å²) in [6.07, 6.45) is 1.72. The predicted octanol–water partition coefficient (Wildman–Crippen LogP) is 3.47. The van der Waals surface area contributed by atoms with E-state index in [0.717, 1.165) is 16.6 Å². The molecule has 0 bridgehead atoms. The van der Waals surface area contributed by atoms with Gasteiger partial charge in [0.2, 0.25) is 5.91 Å². The van der Waals surface area contributed by atoms with Crippen molar-refractivity contribution in [2.24, 2.45) is 0 Å². The minimum absolute atomic E-state index is 0. The average molecular weight is 218 g/mol. The van der Waals surface area contributed by atoms with Crippen LogP contribution < -0.4 is 5.32 Å². The van der Waals surface area contributed by atoms with Crippen molar-refractivity contribution in [2.45, 2.75) is 20.8 Å². The topological polar surface area (TPSA) is 42.0 Å². The molecular weight excluding hydrogens is 200 g/mol. The summed E-state index contributed by atoms with van der Waals surface area (Å²) in [6, 6.07) is 9.55. The maximum absolute atomic E-state index is 10.9. The van der Waals surface area contributed by atoms with Gasteiger partial charge in [0, 0.05) is 19.9 Å². The van der Waals surface area contributed by atoms with Gasteiger partial charge in [-0.1, -0.05) is 32.0 Å². The Kier molecular flexibility index (Phi) is 4.45. The molecule has 2 aromatic rings. The standard InChI is InChI=1S/C11H10N2O.C2H6.H2/c1-8(14)13-10-6-2-4-9-5-3-7-12-11(9)10;1-2;/h2-7H,1H3,(H,13,14);1-2H3;1H. The van der Waals surface area contributed by atoms with Gasteiger partial charge in [-0.2, -0.15) is 0 Å². The lowest BCUT2D eigenvalue weighted by molar-refractivity contribution is -0.114. The zero-order chi connectivity index (χ0) is 12.0. The van der Waals surface area contributed by atoms with Crippen LogP contribution in [0, 0.1) is 0 Å². The van der Waals surface area contributed by atoms with E-state index in [-0.39, 0.29) is 7.33 Å². The fraction of sp³-hybridized carbons (Fsp3) is 0.231. The first-order valence-corrected chi connectivity index (χ1v) is 5.39. The van der Waals surface area contributed by atoms with Gasteiger partial charge < -0.3 is 5.32 Å². The van der Waals surface area contributed by atoms with Crippen LogP contribution in [0.25, 0.3) is 10.9 Å². The van der Waals surface area contributed by atoms with Crippen molar-refractivity contribution in [2.75, 3.05) is 5.32 Å². The molecule has 1 N–H and O–H groups in total. The van der Waals surface area contributed by atoms with Crippen molar-refractivity contribution in [1.82, 2.24) is 4.98 Å². The van der Waals surface area contributed by atoms with E-state index in [9.17, 15) is 4.79 Å². The Hall–Kier alpha value is -1.90. The molecule has 3 heteroatoms. The van der Waals surface area contributed by atoms with Gasteiger partial charge >= 0.3 is 0 Å². The molecular formula is C13H18N2O. The van der Waals surface area contributed by atoms with Gasteiger partial charge in [-0.25, -0.2) is 0 Å². The third-order valence-corrected chi connectivity index (χ3v) is 1.94. The van der Waals surface area contributed by atoms with Gasteiger partial charge in [0.15, 0.2) is 0 Å². The molecule has 0 saturated carbocycles. The maximum Gasteiger partial charge on any atom is 0.221 e. The van der Waals surface area contributed by atoms with Gasteiger partial charge in [0.05, 0.1) is 11.2 Å². The van der Waals surface area contributed by atoms with Gasteiger partial charge in [0.25, 0.3) is 0 Å². The highest BCUT2D eigenvalue weighted by Crippen LogP contribution is 2.20. The number of fused-ring (bicyclic) bond motifs is 1. The first-order valence-electron chi connectivity index (χ1n) is 5.39. The number of carbonyl (C=O) groups is 1. The van der Waals surface area contributed by atoms with E-state index in [4.69, 9.17) is 0 Å². The van der Waals surface area contributed by atoms with Crippen LogP contribution in [0.3, 0.4) is 0 Å². The summed E-state index contributed by atoms with van der Waals surface area (Å²) >= 11 is 0. The van der Waals surface area contributed by atoms with Crippen LogP contribution in [-0.2, 0) is 4.79 Å². The summed E-state index contributed by atoms with van der Waals surface area (Å²) < 4.78 is 0. The Morgan fingerprint density at radius 2 is 1.94 bits per heavy atom. The first kappa shape index (κ1) is 12.2. The number of para-hydroxylation sites is 1. The Bertz CT molecular complexity index is 480. The van der Waals surface area contributed by atoms with E-state index in [1.165, 1.54) is 6.92 Å². The first-order chi connectivity index (χ1) is 7.77. The second-order valence-electron chi connectivity index (χ2n) is 3.06. The predicted molar refractivity (Wildman–Crippen MR) is 69.5 cm³/mol. The van der Waals surface area contributed by atoms with E-state index in [1.54, 1.807) is 6.20 Å². The number of hydrogen-bond acceptors (Lipinski definition) is 2. The number of rotatable bonds is 1. The number of nitrogens with one attached hydrogen (secondary N) is 1. The molecule has 0 atom stereocenters. The van der Waals surface area contributed by atoms with Crippen LogP contribution in [0.5, 0.6) is 0 Å². The molecule has 0 aliphatic carbocycles. The lowest BCUT2D eigenvalue weighted by atomic mass is 10.2. The van der Waals surface area contributed by atoms with Crippen molar-refractivity contribution in [3.05, 3.63) is 36.5 Å². The summed E-state index contributed by atoms with van der Waals surface area (Å²) in [7, 11) is 0. The molecule has 3 nitrogen and oxygen atoms in total. The number of benzene rings is 1. The van der Waals surface area contributed by atoms with Crippen LogP contribution in [0.4, 0.5) is 5.69 Å². The third-order valence-electron chi connectivity index (χ3n) is 1.94. The lowest BCUT2D eigenvalue weighted by Gasteiger charge is -2.04. The summed E-state index contributed by atoms with van der Waals surface area (Å²) in [6.45, 7) is 5.49. The minimum atomic E-state index is -0.0804. The largest absolute Gasteiger partial charge is 0.324 e. The van der Waals surface area contributed by atoms with Crippen LogP contribution >= 0.6 is 0 Å². The lowest BCUT2D eigenvalue weighted by Crippen LogP contribution is -2.06. The van der Waals surface area contributed by atoms with Gasteiger partial charge in [-0.15, -0.1) is 0 Å². The van der Waals surface area contributed by atoms with Crippen LogP contribution in [0.2, 0.25) is 0 Å². The summed E-state index contributed by atoms with van der Waals surface area (Å²) in [5, 5.41) is 3.77. The maximum atomic E-state index is 10.9. The van der Waals surface area contributed by atoms with Crippen molar-refractivity contribution in [3.63, 3.8) is 0 Å². The highest BCUT2D eigenvalue weighted by molar-refractivity contribution is 5.99. The van der Waals surface area contributed by atoms with E-state index in [2.05, 4.69) is 10.3 Å². The molecule has 0 spiro atoms. The van der Waals surface area contributed by atoms with Crippen LogP contribution in [0.15, 0.2) is 36.5 Å². The highest BCUT2D eigenvalue weighted by atomic mass is 16.1. The zero-order valence-corrected chi connectivity index (χ0v) is 9.82. The van der Waals surface area contributed by atoms with E-state index < -0.39 is 0 Å². The molecule has 1 amide bonds. The molecule has 86 valence electrons. The molecule has 0 fully saturated rings. The van der Waals surface area contributed by atoms with Gasteiger partial charge in [-0.05, 0) is 12.1 Å². The van der Waals surface area contributed by atoms with Crippen LogP contribution in [0.1, 0.15) is 22.2 Å². The molecule has 0 aliphatic rings. The number of carbonyl (C=O) groups excluding carboxylic acids is 1. The van der Waals surface area contributed by atoms with Crippen molar-refractivity contribution in [3.8, 4) is 0 Å². The fourth-order valence-electron chi connectivity index (χ4n) is 1.39. The number of aromatic nitrogens is 1. The van der Waals surface area contributed by atoms with Crippen LogP contribution in [-0.4, -0.2) is 10.9 Å². The molecule has 1 heterocycles. The number of nitrogens with zero attached hydrogens (tertiary/aromatic N) is 1. The molecule has 16 heavy (non-hydrogen) atoms. The monoisotopic (exact) mass is 218 g/mol. The second-order valence-corrected chi connectivity index (χ2v) is 3.06. The SMILES string of the molecule is CC.CC(=O)Nc1cccc2cccnc12.[HH]. The number of amides is 1. The van der Waals surface area contributed by atoms with Gasteiger partial charge in [-0.3, -0.25) is 9.78 Å². The molecule has 0 radical (unpaired) electrons. The minimum Gasteiger partial charge on any atom is -0.324 e. The molecule has 1 aromatic heterocycles. The third kappa shape index (κ3) is 2.79. The normalized spacial score (nSPS) is 9.19. The average Bonchev–Trinajstić information content (AvgIpc) is 2.31. The van der Waals surface area contributed by atoms with E-state index in [1.807, 2.05) is 44.2 Å². The fourth-order valence-corrected chi connectivity index (χ4v) is 1.39. The molecule has 0 unspecified atom stereocenters. The van der Waals surface area contributed by atoms with E-state index >= 15 is 0 Å². The molecule has 2 rings (SSSR count). The molecule has 1 aromatic carbocycles. The molecule has 0 saturated heterocycles. The zero-order valence-electron chi connectivity index (χ0n) is 9.82. The Labute approximate surface area is 97.0 Å². The Balaban J connectivity index is 0.000000811. The van der Waals surface area contributed by atoms with Gasteiger partial charge in [0.1, 0.15) is 0 Å². The van der Waals surface area contributed by atoms with E-state index in [0.29, 0.717) is 0 Å². The summed E-state index contributed by atoms with van der Waals surface area (Å²) in [4.78, 5) is 15.1. The van der Waals surface area contributed by atoms with Crippen molar-refractivity contribution >= 4 is 22.5 Å². The summed E-state index contributed by atoms with van der Waals surface area (Å²) in [5.74, 6) is -0.0804. The summed E-state index contributed by atoms with van der Waals surface area (Å²) in [5.41, 5.74) is 1.58. The Morgan fingerprint density at radius 3 is 2.62 bits per heavy atom. The second kappa shape index (κ2) is 5.85. The number of pyridine rings is 1. The Morgan fingerprint density at radius 1 is 1.25 bits per heavy atom. The smallest absolute Gasteiger partial charge is 0.221 e. The number of hydrogen-bond donors (Lipinski definition) is 1. The quantitative estimate of drug-likeness (QED) is 0.796. The van der Waals surface area contributed by atoms with Crippen molar-refractivity contribution < 1.29 is 6.22 Å². The molecule has 0 aliphatic heterocycles. The highest BCUT2D eigenvalue weighted by Gasteiger charge is 2.01. The van der Waals surface area contributed by atoms with Crippen molar-refractivity contribution in [1.29, 1.82) is 0 Å². The number of anilines is 1.